The van der Waals surface area contributed by atoms with Crippen LogP contribution in [0.1, 0.15) is 47.8 Å². The van der Waals surface area contributed by atoms with Crippen molar-refractivity contribution in [1.29, 1.82) is 0 Å². The van der Waals surface area contributed by atoms with Gasteiger partial charge in [-0.15, -0.1) is 0 Å². The lowest BCUT2D eigenvalue weighted by atomic mass is 9.82. The van der Waals surface area contributed by atoms with Crippen LogP contribution in [0.4, 0.5) is 11.4 Å². The van der Waals surface area contributed by atoms with Crippen LogP contribution in [0.2, 0.25) is 0 Å². The van der Waals surface area contributed by atoms with Crippen molar-refractivity contribution in [2.45, 2.75) is 0 Å². The van der Waals surface area contributed by atoms with Crippen molar-refractivity contribution in [2.24, 2.45) is 0 Å². The molecule has 33 heavy (non-hydrogen) atoms. The second-order valence-corrected chi connectivity index (χ2v) is 7.64. The van der Waals surface area contributed by atoms with Crippen LogP contribution in [0.15, 0.2) is 84.9 Å². The molecule has 0 atom stereocenters. The Labute approximate surface area is 188 Å². The molecule has 0 amide bonds. The monoisotopic (exact) mass is 435 g/mol. The third-order valence-corrected chi connectivity index (χ3v) is 5.61. The number of nitrogens with one attached hydrogen (secondary N) is 1. The van der Waals surface area contributed by atoms with Gasteiger partial charge in [-0.05, 0) is 42.5 Å². The first kappa shape index (κ1) is 20.2. The number of carbonyl (C=O) groups is 3. The molecule has 1 aliphatic carbocycles. The number of rotatable bonds is 4. The van der Waals surface area contributed by atoms with Crippen LogP contribution >= 0.6 is 0 Å². The summed E-state index contributed by atoms with van der Waals surface area (Å²) in [5, 5.41) is 23.5. The van der Waals surface area contributed by atoms with Gasteiger partial charge in [-0.25, -0.2) is 0 Å². The Balaban J connectivity index is 1.49. The Morgan fingerprint density at radius 1 is 0.606 bits per heavy atom. The Kier molecular flexibility index (Phi) is 4.75. The predicted octanol–water partition coefficient (Wildman–Crippen LogP) is 4.85. The normalized spacial score (nSPS) is 12.1. The second-order valence-electron chi connectivity index (χ2n) is 7.64. The van der Waals surface area contributed by atoms with E-state index in [1.165, 1.54) is 18.2 Å². The third-order valence-electron chi connectivity index (χ3n) is 5.61. The van der Waals surface area contributed by atoms with E-state index in [4.69, 9.17) is 0 Å². The van der Waals surface area contributed by atoms with Crippen molar-refractivity contribution in [3.8, 4) is 11.5 Å². The van der Waals surface area contributed by atoms with Crippen molar-refractivity contribution in [3.05, 3.63) is 118 Å². The number of anilines is 2. The fraction of sp³-hybridized carbons (Fsp3) is 0. The van der Waals surface area contributed by atoms with Gasteiger partial charge in [0.25, 0.3) is 0 Å². The van der Waals surface area contributed by atoms with E-state index in [-0.39, 0.29) is 39.5 Å². The maximum atomic E-state index is 13.2. The first-order chi connectivity index (χ1) is 16.0. The molecule has 0 heterocycles. The van der Waals surface area contributed by atoms with Crippen LogP contribution < -0.4 is 5.32 Å². The number of hydrogen-bond acceptors (Lipinski definition) is 6. The van der Waals surface area contributed by atoms with Crippen molar-refractivity contribution in [1.82, 2.24) is 0 Å². The highest BCUT2D eigenvalue weighted by molar-refractivity contribution is 6.32. The summed E-state index contributed by atoms with van der Waals surface area (Å²) in [5.74, 6) is -1.94. The minimum absolute atomic E-state index is 0.105. The molecule has 4 aromatic rings. The standard InChI is InChI=1S/C27H17NO5/c29-20-13-14-21(30)24-23(20)26(32)18-7-4-8-19(22(18)27(24)33)28-17-11-9-16(10-12-17)25(31)15-5-2-1-3-6-15/h1-14,28-30H. The zero-order valence-electron chi connectivity index (χ0n) is 17.2. The van der Waals surface area contributed by atoms with Crippen LogP contribution in [0, 0.1) is 0 Å². The van der Waals surface area contributed by atoms with Gasteiger partial charge in [-0.2, -0.15) is 0 Å². The average Bonchev–Trinajstić information content (AvgIpc) is 2.84. The lowest BCUT2D eigenvalue weighted by Gasteiger charge is -2.22. The predicted molar refractivity (Wildman–Crippen MR) is 123 cm³/mol. The van der Waals surface area contributed by atoms with E-state index < -0.39 is 11.6 Å². The molecule has 0 saturated carbocycles. The lowest BCUT2D eigenvalue weighted by molar-refractivity contribution is 0.0974. The molecular weight excluding hydrogens is 418 g/mol. The Hall–Kier alpha value is -4.71. The Morgan fingerprint density at radius 2 is 1.21 bits per heavy atom. The molecule has 0 spiro atoms. The first-order valence-corrected chi connectivity index (χ1v) is 10.2. The summed E-state index contributed by atoms with van der Waals surface area (Å²) >= 11 is 0. The number of ketones is 3. The van der Waals surface area contributed by atoms with Gasteiger partial charge in [0.15, 0.2) is 17.3 Å². The van der Waals surface area contributed by atoms with Crippen LogP contribution in [-0.4, -0.2) is 27.6 Å². The number of benzene rings is 4. The van der Waals surface area contributed by atoms with Crippen LogP contribution in [-0.2, 0) is 0 Å². The molecule has 5 rings (SSSR count). The summed E-state index contributed by atoms with van der Waals surface area (Å²) in [6, 6.07) is 22.9. The van der Waals surface area contributed by atoms with Crippen molar-refractivity contribution >= 4 is 28.7 Å². The summed E-state index contributed by atoms with van der Waals surface area (Å²) in [5.41, 5.74) is 1.91. The number of phenolic OH excluding ortho intramolecular Hbond substituents is 2. The van der Waals surface area contributed by atoms with Gasteiger partial charge >= 0.3 is 0 Å². The fourth-order valence-corrected chi connectivity index (χ4v) is 4.01. The van der Waals surface area contributed by atoms with Crippen LogP contribution in [0.5, 0.6) is 11.5 Å². The van der Waals surface area contributed by atoms with E-state index in [0.29, 0.717) is 22.5 Å². The first-order valence-electron chi connectivity index (χ1n) is 10.2. The number of phenols is 2. The van der Waals surface area contributed by atoms with E-state index in [1.807, 2.05) is 6.07 Å². The third kappa shape index (κ3) is 3.34. The summed E-state index contributed by atoms with van der Waals surface area (Å²) < 4.78 is 0. The quantitative estimate of drug-likeness (QED) is 0.275. The summed E-state index contributed by atoms with van der Waals surface area (Å²) in [4.78, 5) is 38.8. The summed E-state index contributed by atoms with van der Waals surface area (Å²) in [6.07, 6.45) is 0. The van der Waals surface area contributed by atoms with Crippen molar-refractivity contribution in [3.63, 3.8) is 0 Å². The zero-order valence-corrected chi connectivity index (χ0v) is 17.2. The van der Waals surface area contributed by atoms with Crippen LogP contribution in [0.25, 0.3) is 0 Å². The highest BCUT2D eigenvalue weighted by Gasteiger charge is 2.36. The molecule has 0 saturated heterocycles. The van der Waals surface area contributed by atoms with E-state index in [1.54, 1.807) is 60.7 Å². The molecule has 0 fully saturated rings. The van der Waals surface area contributed by atoms with Gasteiger partial charge in [0.05, 0.1) is 22.4 Å². The number of hydrogen-bond donors (Lipinski definition) is 3. The molecule has 160 valence electrons. The summed E-state index contributed by atoms with van der Waals surface area (Å²) in [6.45, 7) is 0. The topological polar surface area (TPSA) is 104 Å². The molecule has 0 radical (unpaired) electrons. The molecule has 1 aliphatic rings. The zero-order chi connectivity index (χ0) is 23.1. The van der Waals surface area contributed by atoms with Gasteiger partial charge in [0.2, 0.25) is 0 Å². The molecule has 6 nitrogen and oxygen atoms in total. The molecular formula is C27H17NO5. The van der Waals surface area contributed by atoms with E-state index >= 15 is 0 Å². The molecule has 0 aliphatic heterocycles. The molecule has 4 aromatic carbocycles. The molecule has 0 unspecified atom stereocenters. The van der Waals surface area contributed by atoms with Gasteiger partial charge in [-0.3, -0.25) is 14.4 Å². The number of fused-ring (bicyclic) bond motifs is 2. The van der Waals surface area contributed by atoms with Crippen molar-refractivity contribution in [2.75, 3.05) is 5.32 Å². The van der Waals surface area contributed by atoms with E-state index in [9.17, 15) is 24.6 Å². The van der Waals surface area contributed by atoms with Gasteiger partial charge in [0.1, 0.15) is 11.5 Å². The van der Waals surface area contributed by atoms with Gasteiger partial charge in [0, 0.05) is 22.4 Å². The van der Waals surface area contributed by atoms with Gasteiger partial charge < -0.3 is 15.5 Å². The van der Waals surface area contributed by atoms with E-state index in [2.05, 4.69) is 5.32 Å². The highest BCUT2D eigenvalue weighted by atomic mass is 16.3. The molecule has 6 heteroatoms. The van der Waals surface area contributed by atoms with Crippen molar-refractivity contribution < 1.29 is 24.6 Å². The molecule has 0 bridgehead atoms. The second kappa shape index (κ2) is 7.76. The Morgan fingerprint density at radius 3 is 1.88 bits per heavy atom. The highest BCUT2D eigenvalue weighted by Crippen LogP contribution is 2.40. The molecule has 0 aromatic heterocycles. The lowest BCUT2D eigenvalue weighted by Crippen LogP contribution is -2.22. The summed E-state index contributed by atoms with van der Waals surface area (Å²) in [7, 11) is 0. The van der Waals surface area contributed by atoms with Gasteiger partial charge in [-0.1, -0.05) is 42.5 Å². The average molecular weight is 435 g/mol. The maximum absolute atomic E-state index is 13.2. The largest absolute Gasteiger partial charge is 0.507 e. The maximum Gasteiger partial charge on any atom is 0.200 e. The molecule has 3 N–H and O–H groups in total. The minimum Gasteiger partial charge on any atom is -0.507 e. The van der Waals surface area contributed by atoms with E-state index in [0.717, 1.165) is 0 Å². The minimum atomic E-state index is -0.563. The smallest absolute Gasteiger partial charge is 0.200 e. The fourth-order valence-electron chi connectivity index (χ4n) is 4.01. The SMILES string of the molecule is O=C(c1ccccc1)c1ccc(Nc2cccc3c2C(=O)c2c(O)ccc(O)c2C3=O)cc1. The Bertz CT molecular complexity index is 1440. The van der Waals surface area contributed by atoms with Crippen LogP contribution in [0.3, 0.4) is 0 Å². The number of aromatic hydroxyl groups is 2. The number of carbonyl (C=O) groups excluding carboxylic acids is 3.